The summed E-state index contributed by atoms with van der Waals surface area (Å²) in [7, 11) is 0. The van der Waals surface area contributed by atoms with E-state index in [-0.39, 0.29) is 11.3 Å². The lowest BCUT2D eigenvalue weighted by Crippen LogP contribution is -2.22. The van der Waals surface area contributed by atoms with Crippen molar-refractivity contribution in [1.82, 2.24) is 4.98 Å². The molecule has 19 heavy (non-hydrogen) atoms. The van der Waals surface area contributed by atoms with Crippen molar-refractivity contribution < 1.29 is 0 Å². The number of nitrogens with two attached hydrogens (primary N) is 1. The Hall–Kier alpha value is -1.32. The van der Waals surface area contributed by atoms with Gasteiger partial charge in [-0.3, -0.25) is 4.98 Å². The van der Waals surface area contributed by atoms with Crippen molar-refractivity contribution >= 4 is 11.8 Å². The molecule has 0 amide bonds. The Bertz CT molecular complexity index is 538. The lowest BCUT2D eigenvalue weighted by atomic mass is 10.1. The molecule has 0 aliphatic carbocycles. The third kappa shape index (κ3) is 3.58. The van der Waals surface area contributed by atoms with Crippen LogP contribution < -0.4 is 5.73 Å². The minimum absolute atomic E-state index is 0.0908. The minimum Gasteiger partial charge on any atom is -0.327 e. The molecule has 100 valence electrons. The zero-order valence-corrected chi connectivity index (χ0v) is 12.4. The van der Waals surface area contributed by atoms with Gasteiger partial charge in [-0.15, -0.1) is 11.8 Å². The van der Waals surface area contributed by atoms with E-state index in [0.29, 0.717) is 0 Å². The molecule has 1 heterocycles. The van der Waals surface area contributed by atoms with Crippen molar-refractivity contribution in [2.24, 2.45) is 5.73 Å². The summed E-state index contributed by atoms with van der Waals surface area (Å²) >= 11 is 1.83. The third-order valence-electron chi connectivity index (χ3n) is 3.10. The Morgan fingerprint density at radius 3 is 2.37 bits per heavy atom. The van der Waals surface area contributed by atoms with Crippen LogP contribution in [-0.4, -0.2) is 11.0 Å². The Labute approximate surface area is 119 Å². The molecule has 0 saturated carbocycles. The molecule has 2 rings (SSSR count). The van der Waals surface area contributed by atoms with Crippen LogP contribution >= 0.6 is 11.8 Å². The van der Waals surface area contributed by atoms with Crippen LogP contribution in [0.1, 0.15) is 28.9 Å². The molecule has 0 saturated heterocycles. The van der Waals surface area contributed by atoms with E-state index in [9.17, 15) is 0 Å². The van der Waals surface area contributed by atoms with E-state index in [1.165, 1.54) is 21.6 Å². The fourth-order valence-electron chi connectivity index (χ4n) is 2.10. The van der Waals surface area contributed by atoms with E-state index in [4.69, 9.17) is 5.73 Å². The summed E-state index contributed by atoms with van der Waals surface area (Å²) in [4.78, 5) is 5.37. The fourth-order valence-corrected chi connectivity index (χ4v) is 3.27. The van der Waals surface area contributed by atoms with Gasteiger partial charge < -0.3 is 5.73 Å². The first-order valence-electron chi connectivity index (χ1n) is 6.47. The molecule has 2 nitrogen and oxygen atoms in total. The van der Waals surface area contributed by atoms with Gasteiger partial charge in [0.2, 0.25) is 0 Å². The minimum atomic E-state index is 0.0908. The van der Waals surface area contributed by atoms with Gasteiger partial charge in [0.1, 0.15) is 0 Å². The summed E-state index contributed by atoms with van der Waals surface area (Å²) in [5.41, 5.74) is 9.99. The molecule has 1 aromatic heterocycles. The average molecular weight is 272 g/mol. The summed E-state index contributed by atoms with van der Waals surface area (Å²) in [5.74, 6) is 0. The molecule has 1 aromatic carbocycles. The molecule has 0 spiro atoms. The van der Waals surface area contributed by atoms with Crippen LogP contribution in [0.15, 0.2) is 47.6 Å². The number of pyridine rings is 1. The number of rotatable bonds is 4. The first kappa shape index (κ1) is 14.1. The molecule has 0 fully saturated rings. The number of hydrogen-bond donors (Lipinski definition) is 1. The van der Waals surface area contributed by atoms with E-state index >= 15 is 0 Å². The molecular formula is C16H20N2S. The summed E-state index contributed by atoms with van der Waals surface area (Å²) < 4.78 is 0. The molecule has 0 aliphatic heterocycles. The summed E-state index contributed by atoms with van der Waals surface area (Å²) in [5, 5.41) is 0.254. The summed E-state index contributed by atoms with van der Waals surface area (Å²) in [6, 6.07) is 10.7. The molecule has 2 unspecified atom stereocenters. The smallest absolute Gasteiger partial charge is 0.0494 e. The maximum absolute atomic E-state index is 6.16. The summed E-state index contributed by atoms with van der Waals surface area (Å²) in [6.45, 7) is 6.33. The van der Waals surface area contributed by atoms with Crippen LogP contribution in [0.25, 0.3) is 0 Å². The van der Waals surface area contributed by atoms with Crippen LogP contribution in [0.5, 0.6) is 0 Å². The maximum Gasteiger partial charge on any atom is 0.0494 e. The van der Waals surface area contributed by atoms with Crippen LogP contribution in [0, 0.1) is 13.8 Å². The van der Waals surface area contributed by atoms with E-state index in [2.05, 4.69) is 44.0 Å². The van der Waals surface area contributed by atoms with E-state index in [0.717, 1.165) is 0 Å². The monoisotopic (exact) mass is 272 g/mol. The van der Waals surface area contributed by atoms with E-state index in [1.807, 2.05) is 36.3 Å². The average Bonchev–Trinajstić information content (AvgIpc) is 2.38. The molecule has 2 atom stereocenters. The normalized spacial score (nSPS) is 14.1. The number of benzene rings is 1. The first-order chi connectivity index (χ1) is 9.08. The van der Waals surface area contributed by atoms with Crippen molar-refractivity contribution in [3.63, 3.8) is 0 Å². The molecule has 0 bridgehead atoms. The largest absolute Gasteiger partial charge is 0.327 e. The molecule has 2 N–H and O–H groups in total. The summed E-state index contributed by atoms with van der Waals surface area (Å²) in [6.07, 6.45) is 3.65. The van der Waals surface area contributed by atoms with Gasteiger partial charge in [-0.2, -0.15) is 0 Å². The second-order valence-corrected chi connectivity index (χ2v) is 6.13. The third-order valence-corrected chi connectivity index (χ3v) is 4.76. The van der Waals surface area contributed by atoms with Gasteiger partial charge in [-0.1, -0.05) is 17.7 Å². The standard InChI is InChI=1S/C16H20N2S/c1-11-4-5-15(12(2)10-11)19-16(13(3)17)14-6-8-18-9-7-14/h4-10,13,16H,17H2,1-3H3. The van der Waals surface area contributed by atoms with Gasteiger partial charge in [0.15, 0.2) is 0 Å². The number of hydrogen-bond acceptors (Lipinski definition) is 3. The van der Waals surface area contributed by atoms with Crippen molar-refractivity contribution in [2.75, 3.05) is 0 Å². The van der Waals surface area contributed by atoms with Crippen LogP contribution in [0.2, 0.25) is 0 Å². The van der Waals surface area contributed by atoms with Crippen LogP contribution in [0.3, 0.4) is 0 Å². The predicted octanol–water partition coefficient (Wildman–Crippen LogP) is 3.88. The van der Waals surface area contributed by atoms with Gasteiger partial charge >= 0.3 is 0 Å². The highest BCUT2D eigenvalue weighted by atomic mass is 32.2. The lowest BCUT2D eigenvalue weighted by molar-refractivity contribution is 0.720. The van der Waals surface area contributed by atoms with Crippen molar-refractivity contribution in [3.05, 3.63) is 59.4 Å². The topological polar surface area (TPSA) is 38.9 Å². The first-order valence-corrected chi connectivity index (χ1v) is 7.35. The highest BCUT2D eigenvalue weighted by Crippen LogP contribution is 2.38. The quantitative estimate of drug-likeness (QED) is 0.858. The van der Waals surface area contributed by atoms with Gasteiger partial charge in [0.25, 0.3) is 0 Å². The number of aryl methyl sites for hydroxylation is 2. The van der Waals surface area contributed by atoms with E-state index < -0.39 is 0 Å². The van der Waals surface area contributed by atoms with Crippen molar-refractivity contribution in [1.29, 1.82) is 0 Å². The number of aromatic nitrogens is 1. The van der Waals surface area contributed by atoms with Gasteiger partial charge in [0, 0.05) is 28.6 Å². The predicted molar refractivity (Wildman–Crippen MR) is 82.4 cm³/mol. The second-order valence-electron chi connectivity index (χ2n) is 4.95. The zero-order chi connectivity index (χ0) is 13.8. The van der Waals surface area contributed by atoms with Crippen molar-refractivity contribution in [2.45, 2.75) is 37.0 Å². The highest BCUT2D eigenvalue weighted by molar-refractivity contribution is 7.99. The molecule has 0 aliphatic rings. The van der Waals surface area contributed by atoms with Crippen LogP contribution in [0.4, 0.5) is 0 Å². The maximum atomic E-state index is 6.16. The Kier molecular flexibility index (Phi) is 4.61. The second kappa shape index (κ2) is 6.22. The Morgan fingerprint density at radius 1 is 1.11 bits per heavy atom. The molecule has 2 aromatic rings. The van der Waals surface area contributed by atoms with Gasteiger partial charge in [-0.05, 0) is 50.1 Å². The SMILES string of the molecule is Cc1ccc(SC(c2ccncc2)C(C)N)c(C)c1. The van der Waals surface area contributed by atoms with E-state index in [1.54, 1.807) is 0 Å². The van der Waals surface area contributed by atoms with Crippen molar-refractivity contribution in [3.8, 4) is 0 Å². The highest BCUT2D eigenvalue weighted by Gasteiger charge is 2.18. The lowest BCUT2D eigenvalue weighted by Gasteiger charge is -2.21. The zero-order valence-electron chi connectivity index (χ0n) is 11.6. The molecular weight excluding hydrogens is 252 g/mol. The number of nitrogens with zero attached hydrogens (tertiary/aromatic N) is 1. The Morgan fingerprint density at radius 2 is 1.79 bits per heavy atom. The van der Waals surface area contributed by atoms with Gasteiger partial charge in [-0.25, -0.2) is 0 Å². The molecule has 0 radical (unpaired) electrons. The Balaban J connectivity index is 2.27. The number of thioether (sulfide) groups is 1. The fraction of sp³-hybridized carbons (Fsp3) is 0.312. The molecule has 3 heteroatoms. The van der Waals surface area contributed by atoms with Gasteiger partial charge in [0.05, 0.1) is 0 Å². The van der Waals surface area contributed by atoms with Crippen LogP contribution in [-0.2, 0) is 0 Å².